The summed E-state index contributed by atoms with van der Waals surface area (Å²) in [6.45, 7) is 10.8. The van der Waals surface area contributed by atoms with Gasteiger partial charge in [0, 0.05) is 15.8 Å². The van der Waals surface area contributed by atoms with Gasteiger partial charge in [-0.05, 0) is 71.1 Å². The van der Waals surface area contributed by atoms with Crippen LogP contribution < -0.4 is 9.47 Å². The maximum atomic E-state index is 12.2. The van der Waals surface area contributed by atoms with Gasteiger partial charge in [-0.3, -0.25) is 14.4 Å². The number of aromatic carboxylic acids is 1. The molecule has 0 unspecified atom stereocenters. The van der Waals surface area contributed by atoms with Crippen LogP contribution >= 0.6 is 36.3 Å². The van der Waals surface area contributed by atoms with Crippen molar-refractivity contribution in [3.05, 3.63) is 64.2 Å². The van der Waals surface area contributed by atoms with Crippen molar-refractivity contribution >= 4 is 80.2 Å². The normalized spacial score (nSPS) is 11.5. The van der Waals surface area contributed by atoms with Crippen LogP contribution in [-0.2, 0) is 43.5 Å². The summed E-state index contributed by atoms with van der Waals surface area (Å²) < 4.78 is 17.0. The SMILES string of the molecule is CCc1cc2sc(C(=O)C[C@H](C)C(=O)O)cc2cc1OC.CCc1cc2sc(C(=O)O)cc2cc1OC.[CH2-][C@H](C)C(=O)OC.[Zn+][Br]. The number of aliphatic carboxylic acids is 1. The van der Waals surface area contributed by atoms with E-state index in [9.17, 15) is 19.2 Å². The number of ether oxygens (including phenoxy) is 3. The molecule has 0 aliphatic carbocycles. The van der Waals surface area contributed by atoms with E-state index < -0.39 is 17.9 Å². The first-order valence-electron chi connectivity index (χ1n) is 14.2. The number of thiophene rings is 2. The molecule has 0 bridgehead atoms. The van der Waals surface area contributed by atoms with Crippen LogP contribution in [0.3, 0.4) is 0 Å². The zero-order chi connectivity index (χ0) is 35.1. The number of methoxy groups -OCH3 is 3. The molecular formula is C33H39BrO9S2Zn. The first kappa shape index (κ1) is 41.2. The molecule has 46 heavy (non-hydrogen) atoms. The number of ketones is 1. The Kier molecular flexibility index (Phi) is 18.3. The minimum atomic E-state index is -0.945. The van der Waals surface area contributed by atoms with E-state index in [0.29, 0.717) is 9.75 Å². The van der Waals surface area contributed by atoms with E-state index >= 15 is 0 Å². The van der Waals surface area contributed by atoms with Crippen LogP contribution in [-0.4, -0.2) is 55.2 Å². The molecule has 4 aromatic rings. The molecule has 2 atom stereocenters. The number of halogens is 1. The number of benzene rings is 2. The summed E-state index contributed by atoms with van der Waals surface area (Å²) in [7, 11) is 4.61. The Hall–Kier alpha value is -2.86. The van der Waals surface area contributed by atoms with Crippen molar-refractivity contribution in [3.63, 3.8) is 0 Å². The quantitative estimate of drug-likeness (QED) is 0.0703. The summed E-state index contributed by atoms with van der Waals surface area (Å²) >= 11 is 6.96. The second kappa shape index (κ2) is 20.4. The molecule has 4 rings (SSSR count). The van der Waals surface area contributed by atoms with Gasteiger partial charge in [-0.25, -0.2) is 4.79 Å². The third-order valence-corrected chi connectivity index (χ3v) is 8.83. The van der Waals surface area contributed by atoms with Crippen LogP contribution in [0.1, 0.15) is 64.6 Å². The molecule has 0 aliphatic rings. The van der Waals surface area contributed by atoms with Gasteiger partial charge in [-0.2, -0.15) is 0 Å². The Balaban J connectivity index is 0.000000373. The number of Topliss-reactive ketones (excluding diaryl/α,β-unsaturated/α-hetero) is 1. The predicted octanol–water partition coefficient (Wildman–Crippen LogP) is 8.41. The zero-order valence-electron chi connectivity index (χ0n) is 27.1. The molecule has 0 saturated carbocycles. The van der Waals surface area contributed by atoms with E-state index in [1.54, 1.807) is 34.1 Å². The van der Waals surface area contributed by atoms with Crippen LogP contribution in [0.5, 0.6) is 11.5 Å². The van der Waals surface area contributed by atoms with E-state index in [1.165, 1.54) is 46.1 Å². The van der Waals surface area contributed by atoms with Crippen LogP contribution in [0.15, 0.2) is 36.4 Å². The van der Waals surface area contributed by atoms with Gasteiger partial charge in [-0.15, -0.1) is 22.7 Å². The van der Waals surface area contributed by atoms with E-state index in [-0.39, 0.29) is 24.1 Å². The monoisotopic (exact) mass is 786 g/mol. The molecule has 2 heterocycles. The molecule has 0 aliphatic heterocycles. The van der Waals surface area contributed by atoms with Crippen molar-refractivity contribution in [1.82, 2.24) is 0 Å². The summed E-state index contributed by atoms with van der Waals surface area (Å²) in [6.07, 6.45) is 1.76. The van der Waals surface area contributed by atoms with Crippen molar-refractivity contribution in [1.29, 1.82) is 0 Å². The molecule has 246 valence electrons. The first-order valence-corrected chi connectivity index (χ1v) is 22.8. The second-order valence-corrected chi connectivity index (χ2v) is 12.1. The van der Waals surface area contributed by atoms with Crippen LogP contribution in [0.25, 0.3) is 20.2 Å². The fourth-order valence-corrected chi connectivity index (χ4v) is 6.06. The molecular weight excluding hydrogens is 750 g/mol. The van der Waals surface area contributed by atoms with Gasteiger partial charge in [0.25, 0.3) is 5.97 Å². The van der Waals surface area contributed by atoms with E-state index in [1.807, 2.05) is 30.3 Å². The van der Waals surface area contributed by atoms with E-state index in [0.717, 1.165) is 55.6 Å². The van der Waals surface area contributed by atoms with Gasteiger partial charge in [0.05, 0.1) is 32.1 Å². The predicted molar refractivity (Wildman–Crippen MR) is 184 cm³/mol. The third kappa shape index (κ3) is 11.7. The van der Waals surface area contributed by atoms with Gasteiger partial charge in [0.1, 0.15) is 16.4 Å². The molecule has 2 aromatic carbocycles. The number of carbonyl (C=O) groups excluding carboxylic acids is 2. The zero-order valence-corrected chi connectivity index (χ0v) is 33.3. The van der Waals surface area contributed by atoms with Gasteiger partial charge < -0.3 is 31.3 Å². The Morgan fingerprint density at radius 2 is 1.24 bits per heavy atom. The van der Waals surface area contributed by atoms with Gasteiger partial charge in [-0.1, -0.05) is 33.6 Å². The summed E-state index contributed by atoms with van der Waals surface area (Å²) in [5, 5.41) is 19.7. The van der Waals surface area contributed by atoms with Crippen molar-refractivity contribution in [2.75, 3.05) is 21.3 Å². The molecule has 13 heteroatoms. The number of carbonyl (C=O) groups is 4. The van der Waals surface area contributed by atoms with Crippen molar-refractivity contribution in [2.45, 2.75) is 47.0 Å². The molecule has 2 aromatic heterocycles. The fourth-order valence-electron chi connectivity index (χ4n) is 4.06. The number of aryl methyl sites for hydroxylation is 2. The second-order valence-electron chi connectivity index (χ2n) is 9.93. The molecule has 2 N–H and O–H groups in total. The topological polar surface area (TPSA) is 136 Å². The third-order valence-electron chi connectivity index (χ3n) is 6.60. The Bertz CT molecular complexity index is 1550. The number of hydrogen-bond donors (Lipinski definition) is 2. The van der Waals surface area contributed by atoms with Crippen LogP contribution in [0.4, 0.5) is 0 Å². The first-order chi connectivity index (χ1) is 21.8. The van der Waals surface area contributed by atoms with Crippen LogP contribution in [0.2, 0.25) is 0 Å². The summed E-state index contributed by atoms with van der Waals surface area (Å²) in [6, 6.07) is 11.4. The number of carboxylic acids is 2. The molecule has 0 fully saturated rings. The summed E-state index contributed by atoms with van der Waals surface area (Å²) in [5.74, 6) is -1.47. The van der Waals surface area contributed by atoms with Crippen molar-refractivity contribution in [2.24, 2.45) is 11.8 Å². The van der Waals surface area contributed by atoms with E-state index in [4.69, 9.17) is 19.7 Å². The number of hydrogen-bond acceptors (Lipinski definition) is 9. The summed E-state index contributed by atoms with van der Waals surface area (Å²) in [4.78, 5) is 45.1. The average Bonchev–Trinajstić information content (AvgIpc) is 3.68. The molecule has 0 spiro atoms. The Morgan fingerprint density at radius 3 is 1.57 bits per heavy atom. The standard InChI is InChI=1S/C16H18O4S.C12H12O3S.C5H9O2.BrH.Zn/c1-4-10-7-14-11(6-13(10)20-3)8-15(21-14)12(17)5-9(2)16(18)19;1-3-7-5-10-8(4-9(7)15-2)6-11(16-10)12(13)14;1-4(2)5(6)7-3;;/h6-9H,4-5H2,1-3H3,(H,18,19);4-6H,3H2,1-2H3,(H,13,14);4H,1H2,2-3H3;1H;/q;;-1;;+2/p-1/t9-;;4-;;/m0.1../s1. The number of rotatable bonds is 10. The number of esters is 1. The van der Waals surface area contributed by atoms with Gasteiger partial charge in [0.15, 0.2) is 5.78 Å². The van der Waals surface area contributed by atoms with E-state index in [2.05, 4.69) is 39.1 Å². The number of carboxylic acid groups (broad SMARTS) is 2. The molecule has 0 saturated heterocycles. The molecule has 9 nitrogen and oxygen atoms in total. The molecule has 0 radical (unpaired) electrons. The van der Waals surface area contributed by atoms with Gasteiger partial charge >= 0.3 is 41.9 Å². The summed E-state index contributed by atoms with van der Waals surface area (Å²) in [5.41, 5.74) is 2.21. The Labute approximate surface area is 294 Å². The number of fused-ring (bicyclic) bond motifs is 2. The maximum absolute atomic E-state index is 12.2. The fraction of sp³-hybridized carbons (Fsp3) is 0.364. The van der Waals surface area contributed by atoms with Gasteiger partial charge in [0.2, 0.25) is 0 Å². The van der Waals surface area contributed by atoms with Crippen LogP contribution in [0, 0.1) is 18.8 Å². The Morgan fingerprint density at radius 1 is 0.804 bits per heavy atom. The molecule has 0 amide bonds. The average molecular weight is 789 g/mol. The van der Waals surface area contributed by atoms with Crippen molar-refractivity contribution < 1.29 is 59.9 Å². The minimum absolute atomic E-state index is 0.0277. The van der Waals surface area contributed by atoms with Crippen molar-refractivity contribution in [3.8, 4) is 11.5 Å².